The Morgan fingerprint density at radius 2 is 1.81 bits per heavy atom. The van der Waals surface area contributed by atoms with Gasteiger partial charge in [0.05, 0.1) is 5.69 Å². The predicted octanol–water partition coefficient (Wildman–Crippen LogP) is 6.71. The van der Waals surface area contributed by atoms with E-state index in [1.165, 1.54) is 23.3 Å². The van der Waals surface area contributed by atoms with Crippen molar-refractivity contribution in [1.82, 2.24) is 0 Å². The van der Waals surface area contributed by atoms with Gasteiger partial charge < -0.3 is 10.0 Å². The minimum Gasteiger partial charge on any atom is -0.377 e. The molecule has 1 aromatic carbocycles. The van der Waals surface area contributed by atoms with Gasteiger partial charge in [-0.2, -0.15) is 0 Å². The van der Waals surface area contributed by atoms with Gasteiger partial charge in [0, 0.05) is 43.3 Å². The Morgan fingerprint density at radius 3 is 2.49 bits per heavy atom. The number of hydrogen-bond acceptors (Lipinski definition) is 3. The van der Waals surface area contributed by atoms with Crippen LogP contribution in [0.25, 0.3) is 0 Å². The van der Waals surface area contributed by atoms with Crippen molar-refractivity contribution >= 4 is 11.5 Å². The van der Waals surface area contributed by atoms with Gasteiger partial charge in [-0.25, -0.2) is 8.78 Å². The fourth-order valence-electron chi connectivity index (χ4n) is 7.60. The molecular weight excluding hydrogens is 468 g/mol. The maximum Gasteiger partial charge on any atom is 0.156 e. The number of rotatable bonds is 2. The Kier molecular flexibility index (Phi) is 6.23. The molecule has 4 aliphatic carbocycles. The number of hydrogen-bond donors (Lipinski definition) is 1. The first-order valence-corrected chi connectivity index (χ1v) is 13.6. The third kappa shape index (κ3) is 4.26. The smallest absolute Gasteiger partial charge is 0.156 e. The van der Waals surface area contributed by atoms with Crippen molar-refractivity contribution in [3.8, 4) is 11.8 Å². The van der Waals surface area contributed by atoms with Crippen LogP contribution in [0.3, 0.4) is 0 Å². The fraction of sp³-hybridized carbons (Fsp3) is 0.594. The summed E-state index contributed by atoms with van der Waals surface area (Å²) in [6.45, 7) is 8.23. The normalized spacial score (nSPS) is 33.2. The minimum absolute atomic E-state index is 0.148. The summed E-state index contributed by atoms with van der Waals surface area (Å²) in [7, 11) is 3.41. The highest BCUT2D eigenvalue weighted by Gasteiger charge is 2.62. The van der Waals surface area contributed by atoms with Gasteiger partial charge in [0.2, 0.25) is 0 Å². The SMILES string of the molecule is CN(C)c1cc(F)c([C@H]2C[C@@]3(C)[C@@H](CC[C@@]3(O)C#CC(C)(C)C)[C@@H]3CCC4=CC(=O)CCC4=C32)cc1F. The average molecular weight is 508 g/mol. The Hall–Kier alpha value is -2.45. The zero-order valence-corrected chi connectivity index (χ0v) is 23.0. The summed E-state index contributed by atoms with van der Waals surface area (Å²) < 4.78 is 31.1. The first-order valence-electron chi connectivity index (χ1n) is 13.6. The number of ketones is 1. The van der Waals surface area contributed by atoms with Crippen LogP contribution in [0.5, 0.6) is 0 Å². The highest BCUT2D eigenvalue weighted by Crippen LogP contribution is 2.66. The summed E-state index contributed by atoms with van der Waals surface area (Å²) in [6, 6.07) is 2.66. The maximum absolute atomic E-state index is 15.8. The number of benzene rings is 1. The van der Waals surface area contributed by atoms with Gasteiger partial charge in [-0.15, -0.1) is 0 Å². The van der Waals surface area contributed by atoms with Crippen molar-refractivity contribution in [2.45, 2.75) is 84.2 Å². The molecule has 0 radical (unpaired) electrons. The molecule has 0 saturated heterocycles. The Balaban J connectivity index is 1.71. The molecule has 4 aliphatic rings. The van der Waals surface area contributed by atoms with Crippen molar-refractivity contribution < 1.29 is 18.7 Å². The number of carbonyl (C=O) groups excluding carboxylic acids is 1. The molecular formula is C32H39F2NO2. The Bertz CT molecular complexity index is 1270. The number of allylic oxidation sites excluding steroid dienone is 4. The molecule has 5 rings (SSSR count). The average Bonchev–Trinajstić information content (AvgIpc) is 3.08. The predicted molar refractivity (Wildman–Crippen MR) is 143 cm³/mol. The number of carbonyl (C=O) groups is 1. The van der Waals surface area contributed by atoms with Crippen LogP contribution in [-0.2, 0) is 4.79 Å². The van der Waals surface area contributed by atoms with Gasteiger partial charge in [0.1, 0.15) is 17.2 Å². The van der Waals surface area contributed by atoms with E-state index in [2.05, 4.69) is 18.8 Å². The van der Waals surface area contributed by atoms with Gasteiger partial charge in [0.15, 0.2) is 5.78 Å². The second kappa shape index (κ2) is 8.80. The first-order chi connectivity index (χ1) is 17.2. The molecule has 198 valence electrons. The third-order valence-electron chi connectivity index (χ3n) is 9.45. The molecule has 2 fully saturated rings. The summed E-state index contributed by atoms with van der Waals surface area (Å²) in [5.41, 5.74) is 2.01. The molecule has 0 spiro atoms. The molecule has 2 saturated carbocycles. The van der Waals surface area contributed by atoms with E-state index in [1.54, 1.807) is 25.1 Å². The lowest BCUT2D eigenvalue weighted by atomic mass is 9.51. The lowest BCUT2D eigenvalue weighted by Crippen LogP contribution is -2.51. The standard InChI is InChI=1S/C32H39F2NO2/c1-30(2,3)13-14-32(37)12-11-25-22-9-7-19-15-20(36)8-10-21(19)29(22)24(18-31(25,32)4)23-16-27(34)28(35(5)6)17-26(23)33/h15-17,22,24-25,37H,7-12,18H2,1-6H3/t22-,24+,25-,31-,32+/m0/s1. The van der Waals surface area contributed by atoms with E-state index in [0.717, 1.165) is 24.8 Å². The zero-order chi connectivity index (χ0) is 26.9. The van der Waals surface area contributed by atoms with E-state index in [1.807, 2.05) is 20.8 Å². The van der Waals surface area contributed by atoms with Crippen molar-refractivity contribution in [2.75, 3.05) is 19.0 Å². The van der Waals surface area contributed by atoms with Crippen molar-refractivity contribution in [2.24, 2.45) is 22.7 Å². The molecule has 0 aromatic heterocycles. The topological polar surface area (TPSA) is 40.5 Å². The molecule has 1 N–H and O–H groups in total. The molecule has 0 unspecified atom stereocenters. The van der Waals surface area contributed by atoms with E-state index in [9.17, 15) is 9.90 Å². The highest BCUT2D eigenvalue weighted by atomic mass is 19.1. The molecule has 0 heterocycles. The molecule has 0 amide bonds. The summed E-state index contributed by atoms with van der Waals surface area (Å²) >= 11 is 0. The second-order valence-corrected chi connectivity index (χ2v) is 13.1. The number of halogens is 2. The van der Waals surface area contributed by atoms with E-state index >= 15 is 8.78 Å². The number of nitrogens with zero attached hydrogens (tertiary/aromatic N) is 1. The zero-order valence-electron chi connectivity index (χ0n) is 23.0. The largest absolute Gasteiger partial charge is 0.377 e. The number of anilines is 1. The highest BCUT2D eigenvalue weighted by molar-refractivity contribution is 5.93. The molecule has 0 aliphatic heterocycles. The number of fused-ring (bicyclic) bond motifs is 4. The fourth-order valence-corrected chi connectivity index (χ4v) is 7.60. The summed E-state index contributed by atoms with van der Waals surface area (Å²) in [5.74, 6) is 5.83. The summed E-state index contributed by atoms with van der Waals surface area (Å²) in [4.78, 5) is 13.8. The van der Waals surface area contributed by atoms with Crippen LogP contribution in [0, 0.1) is 46.1 Å². The van der Waals surface area contributed by atoms with Crippen LogP contribution >= 0.6 is 0 Å². The van der Waals surface area contributed by atoms with Gasteiger partial charge in [0.25, 0.3) is 0 Å². The second-order valence-electron chi connectivity index (χ2n) is 13.1. The van der Waals surface area contributed by atoms with Crippen molar-refractivity contribution in [3.05, 3.63) is 52.1 Å². The molecule has 37 heavy (non-hydrogen) atoms. The van der Waals surface area contributed by atoms with E-state index in [4.69, 9.17) is 0 Å². The van der Waals surface area contributed by atoms with Crippen LogP contribution in [0.1, 0.15) is 84.1 Å². The van der Waals surface area contributed by atoms with Crippen LogP contribution in [0.2, 0.25) is 0 Å². The summed E-state index contributed by atoms with van der Waals surface area (Å²) in [5, 5.41) is 12.1. The van der Waals surface area contributed by atoms with Crippen LogP contribution in [0.4, 0.5) is 14.5 Å². The van der Waals surface area contributed by atoms with Crippen molar-refractivity contribution in [1.29, 1.82) is 0 Å². The van der Waals surface area contributed by atoms with Crippen LogP contribution in [0.15, 0.2) is 34.9 Å². The lowest BCUT2D eigenvalue weighted by molar-refractivity contribution is -0.114. The van der Waals surface area contributed by atoms with Gasteiger partial charge >= 0.3 is 0 Å². The Labute approximate surface area is 220 Å². The van der Waals surface area contributed by atoms with Crippen LogP contribution in [-0.4, -0.2) is 30.6 Å². The summed E-state index contributed by atoms with van der Waals surface area (Å²) in [6.07, 6.45) is 6.51. The van der Waals surface area contributed by atoms with Gasteiger partial charge in [-0.3, -0.25) is 4.79 Å². The Morgan fingerprint density at radius 1 is 1.08 bits per heavy atom. The molecule has 1 aromatic rings. The molecule has 0 bridgehead atoms. The quantitative estimate of drug-likeness (QED) is 0.452. The minimum atomic E-state index is -1.18. The number of aliphatic hydroxyl groups is 1. The van der Waals surface area contributed by atoms with E-state index in [0.29, 0.717) is 31.2 Å². The van der Waals surface area contributed by atoms with Crippen molar-refractivity contribution in [3.63, 3.8) is 0 Å². The van der Waals surface area contributed by atoms with E-state index in [-0.39, 0.29) is 34.6 Å². The van der Waals surface area contributed by atoms with Gasteiger partial charge in [-0.1, -0.05) is 24.3 Å². The molecule has 5 heteroatoms. The monoisotopic (exact) mass is 507 g/mol. The first kappa shape index (κ1) is 26.2. The van der Waals surface area contributed by atoms with E-state index < -0.39 is 22.7 Å². The van der Waals surface area contributed by atoms with Gasteiger partial charge in [-0.05, 0) is 100.0 Å². The maximum atomic E-state index is 15.8. The molecule has 3 nitrogen and oxygen atoms in total. The third-order valence-corrected chi connectivity index (χ3v) is 9.45. The lowest BCUT2D eigenvalue weighted by Gasteiger charge is -2.53. The molecule has 5 atom stereocenters. The van der Waals surface area contributed by atoms with Crippen LogP contribution < -0.4 is 4.90 Å².